The van der Waals surface area contributed by atoms with Gasteiger partial charge in [0.2, 0.25) is 5.91 Å². The molecule has 0 aromatic heterocycles. The second-order valence-corrected chi connectivity index (χ2v) is 9.89. The van der Waals surface area contributed by atoms with Crippen LogP contribution in [-0.2, 0) is 11.2 Å². The van der Waals surface area contributed by atoms with Gasteiger partial charge in [0.15, 0.2) is 0 Å². The number of ether oxygens (including phenoxy) is 1. The monoisotopic (exact) mass is 505 g/mol. The normalized spacial score (nSPS) is 16.8. The zero-order valence-corrected chi connectivity index (χ0v) is 21.6. The van der Waals surface area contributed by atoms with Crippen molar-refractivity contribution >= 4 is 17.5 Å². The number of para-hydroxylation sites is 1. The van der Waals surface area contributed by atoms with Crippen LogP contribution < -0.4 is 15.0 Å². The lowest BCUT2D eigenvalue weighted by atomic mass is 9.95. The van der Waals surface area contributed by atoms with Crippen molar-refractivity contribution in [2.24, 2.45) is 0 Å². The van der Waals surface area contributed by atoms with Crippen molar-refractivity contribution in [1.29, 1.82) is 0 Å². The Balaban J connectivity index is 1.20. The number of anilines is 1. The molecule has 2 aliphatic heterocycles. The third-order valence-electron chi connectivity index (χ3n) is 7.22. The predicted molar refractivity (Wildman–Crippen MR) is 146 cm³/mol. The molecule has 7 nitrogen and oxygen atoms in total. The summed E-state index contributed by atoms with van der Waals surface area (Å²) in [5.41, 5.74) is 2.92. The summed E-state index contributed by atoms with van der Waals surface area (Å²) in [5, 5.41) is 13.0. The fraction of sp³-hybridized carbons (Fsp3) is 0.467. The molecule has 1 fully saturated rings. The number of nitrogens with one attached hydrogen (secondary N) is 1. The van der Waals surface area contributed by atoms with Gasteiger partial charge in [-0.15, -0.1) is 6.58 Å². The summed E-state index contributed by atoms with van der Waals surface area (Å²) in [6.07, 6.45) is 6.83. The molecule has 2 aromatic carbocycles. The number of carbonyl (C=O) groups is 2. The van der Waals surface area contributed by atoms with Crippen LogP contribution in [0.5, 0.6) is 5.75 Å². The maximum absolute atomic E-state index is 13.1. The van der Waals surface area contributed by atoms with Crippen LogP contribution in [0.25, 0.3) is 0 Å². The zero-order chi connectivity index (χ0) is 26.0. The SMILES string of the molecule is C=CCNCC(O)CCCCOc1ccc(C(=O)N2CCC(N3C(=O)CCc4ccccc43)CC2)cc1. The molecule has 2 amide bonds. The summed E-state index contributed by atoms with van der Waals surface area (Å²) in [5.74, 6) is 0.955. The second kappa shape index (κ2) is 13.4. The molecule has 0 bridgehead atoms. The molecule has 1 unspecified atom stereocenters. The Morgan fingerprint density at radius 1 is 1.11 bits per heavy atom. The van der Waals surface area contributed by atoms with Gasteiger partial charge in [-0.05, 0) is 74.4 Å². The van der Waals surface area contributed by atoms with Gasteiger partial charge in [-0.2, -0.15) is 0 Å². The van der Waals surface area contributed by atoms with E-state index in [9.17, 15) is 14.7 Å². The smallest absolute Gasteiger partial charge is 0.253 e. The van der Waals surface area contributed by atoms with E-state index in [2.05, 4.69) is 18.0 Å². The maximum Gasteiger partial charge on any atom is 0.253 e. The molecule has 0 aliphatic carbocycles. The van der Waals surface area contributed by atoms with Gasteiger partial charge in [0.25, 0.3) is 5.91 Å². The zero-order valence-electron chi connectivity index (χ0n) is 21.6. The lowest BCUT2D eigenvalue weighted by Crippen LogP contribution is -2.50. The molecule has 0 radical (unpaired) electrons. The number of hydrogen-bond acceptors (Lipinski definition) is 5. The lowest BCUT2D eigenvalue weighted by molar-refractivity contribution is -0.119. The number of carbonyl (C=O) groups excluding carboxylic acids is 2. The van der Waals surface area contributed by atoms with E-state index < -0.39 is 0 Å². The van der Waals surface area contributed by atoms with E-state index in [-0.39, 0.29) is 24.0 Å². The molecule has 2 aromatic rings. The van der Waals surface area contributed by atoms with E-state index in [0.717, 1.165) is 50.0 Å². The first-order chi connectivity index (χ1) is 18.1. The highest BCUT2D eigenvalue weighted by Gasteiger charge is 2.33. The van der Waals surface area contributed by atoms with Crippen molar-refractivity contribution in [3.63, 3.8) is 0 Å². The molecule has 7 heteroatoms. The highest BCUT2D eigenvalue weighted by Crippen LogP contribution is 2.32. The number of unbranched alkanes of at least 4 members (excludes halogenated alkanes) is 1. The Kier molecular flexibility index (Phi) is 9.74. The molecular weight excluding hydrogens is 466 g/mol. The van der Waals surface area contributed by atoms with Crippen LogP contribution in [0.15, 0.2) is 61.2 Å². The number of aliphatic hydroxyl groups is 1. The number of fused-ring (bicyclic) bond motifs is 1. The summed E-state index contributed by atoms with van der Waals surface area (Å²) in [6.45, 7) is 6.78. The summed E-state index contributed by atoms with van der Waals surface area (Å²) in [4.78, 5) is 29.7. The molecule has 37 heavy (non-hydrogen) atoms. The van der Waals surface area contributed by atoms with Crippen LogP contribution in [0.3, 0.4) is 0 Å². The average molecular weight is 506 g/mol. The predicted octanol–water partition coefficient (Wildman–Crippen LogP) is 3.96. The average Bonchev–Trinajstić information content (AvgIpc) is 2.93. The third-order valence-corrected chi connectivity index (χ3v) is 7.22. The van der Waals surface area contributed by atoms with Crippen LogP contribution in [0, 0.1) is 0 Å². The fourth-order valence-corrected chi connectivity index (χ4v) is 5.18. The van der Waals surface area contributed by atoms with E-state index in [1.807, 2.05) is 52.3 Å². The Bertz CT molecular complexity index is 1050. The Morgan fingerprint density at radius 2 is 1.86 bits per heavy atom. The molecular formula is C30H39N3O4. The lowest BCUT2D eigenvalue weighted by Gasteiger charge is -2.41. The van der Waals surface area contributed by atoms with Crippen LogP contribution in [0.1, 0.15) is 54.4 Å². The molecule has 2 N–H and O–H groups in total. The number of likely N-dealkylation sites (tertiary alicyclic amines) is 1. The first-order valence-corrected chi connectivity index (χ1v) is 13.5. The number of aryl methyl sites for hydroxylation is 1. The Hall–Kier alpha value is -3.16. The van der Waals surface area contributed by atoms with E-state index >= 15 is 0 Å². The molecule has 0 spiro atoms. The number of aliphatic hydroxyl groups excluding tert-OH is 1. The number of hydrogen-bond donors (Lipinski definition) is 2. The molecule has 2 aliphatic rings. The van der Waals surface area contributed by atoms with Gasteiger partial charge < -0.3 is 25.0 Å². The summed E-state index contributed by atoms with van der Waals surface area (Å²) in [6, 6.07) is 15.6. The van der Waals surface area contributed by atoms with Crippen LogP contribution in [0.4, 0.5) is 5.69 Å². The number of benzene rings is 2. The van der Waals surface area contributed by atoms with Gasteiger partial charge in [-0.1, -0.05) is 24.3 Å². The number of nitrogens with zero attached hydrogens (tertiary/aromatic N) is 2. The molecule has 4 rings (SSSR count). The van der Waals surface area contributed by atoms with E-state index in [0.29, 0.717) is 44.8 Å². The van der Waals surface area contributed by atoms with Gasteiger partial charge in [0.1, 0.15) is 5.75 Å². The van der Waals surface area contributed by atoms with Crippen LogP contribution in [-0.4, -0.2) is 66.8 Å². The van der Waals surface area contributed by atoms with Crippen molar-refractivity contribution in [1.82, 2.24) is 10.2 Å². The minimum atomic E-state index is -0.355. The molecule has 2 heterocycles. The number of amides is 2. The largest absolute Gasteiger partial charge is 0.494 e. The van der Waals surface area contributed by atoms with Gasteiger partial charge in [0, 0.05) is 49.9 Å². The summed E-state index contributed by atoms with van der Waals surface area (Å²) in [7, 11) is 0. The molecule has 0 saturated carbocycles. The minimum Gasteiger partial charge on any atom is -0.494 e. The highest BCUT2D eigenvalue weighted by atomic mass is 16.5. The van der Waals surface area contributed by atoms with Gasteiger partial charge in [-0.25, -0.2) is 0 Å². The van der Waals surface area contributed by atoms with Crippen molar-refractivity contribution in [3.05, 3.63) is 72.3 Å². The van der Waals surface area contributed by atoms with Crippen molar-refractivity contribution in [2.75, 3.05) is 37.7 Å². The molecule has 1 atom stereocenters. The summed E-state index contributed by atoms with van der Waals surface area (Å²) >= 11 is 0. The first-order valence-electron chi connectivity index (χ1n) is 13.5. The van der Waals surface area contributed by atoms with Crippen molar-refractivity contribution in [2.45, 2.75) is 57.1 Å². The Labute approximate surface area is 220 Å². The van der Waals surface area contributed by atoms with E-state index in [1.165, 1.54) is 5.56 Å². The Morgan fingerprint density at radius 3 is 2.62 bits per heavy atom. The highest BCUT2D eigenvalue weighted by molar-refractivity contribution is 5.97. The van der Waals surface area contributed by atoms with Gasteiger partial charge in [0.05, 0.1) is 12.7 Å². The molecule has 1 saturated heterocycles. The van der Waals surface area contributed by atoms with Gasteiger partial charge in [-0.3, -0.25) is 9.59 Å². The van der Waals surface area contributed by atoms with E-state index in [4.69, 9.17) is 4.74 Å². The van der Waals surface area contributed by atoms with Crippen LogP contribution in [0.2, 0.25) is 0 Å². The minimum absolute atomic E-state index is 0.0226. The molecule has 198 valence electrons. The quantitative estimate of drug-likeness (QED) is 0.337. The van der Waals surface area contributed by atoms with E-state index in [1.54, 1.807) is 6.08 Å². The van der Waals surface area contributed by atoms with Gasteiger partial charge >= 0.3 is 0 Å². The first kappa shape index (κ1) is 26.9. The third kappa shape index (κ3) is 7.21. The maximum atomic E-state index is 13.1. The topological polar surface area (TPSA) is 82.1 Å². The fourth-order valence-electron chi connectivity index (χ4n) is 5.18. The van der Waals surface area contributed by atoms with Crippen molar-refractivity contribution < 1.29 is 19.4 Å². The second-order valence-electron chi connectivity index (χ2n) is 9.89. The van der Waals surface area contributed by atoms with Crippen molar-refractivity contribution in [3.8, 4) is 5.75 Å². The standard InChI is InChI=1S/C30H39N3O4/c1-2-18-31-22-26(34)8-5-6-21-37-27-13-10-24(11-14-27)30(36)32-19-16-25(17-20-32)33-28-9-4-3-7-23(28)12-15-29(33)35/h2-4,7,9-11,13-14,25-26,31,34H,1,5-6,8,12,15-22H2. The summed E-state index contributed by atoms with van der Waals surface area (Å²) < 4.78 is 5.81. The van der Waals surface area contributed by atoms with Crippen LogP contribution >= 0.6 is 0 Å². The number of rotatable bonds is 12. The number of piperidine rings is 1.